The molecule has 0 aliphatic heterocycles. The number of thiocarbonyl (C=S) groups is 1. The first-order chi connectivity index (χ1) is 15.4. The molecule has 0 aromatic heterocycles. The van der Waals surface area contributed by atoms with Crippen molar-refractivity contribution in [2.24, 2.45) is 0 Å². The molecule has 0 aromatic rings. The third kappa shape index (κ3) is 30.5. The maximum atomic E-state index is 10.5. The van der Waals surface area contributed by atoms with Crippen molar-refractivity contribution in [3.05, 3.63) is 0 Å². The average molecular weight is 511 g/mol. The van der Waals surface area contributed by atoms with Crippen LogP contribution in [0.4, 0.5) is 0 Å². The summed E-state index contributed by atoms with van der Waals surface area (Å²) in [6, 6.07) is 0. The van der Waals surface area contributed by atoms with Crippen LogP contribution in [0.15, 0.2) is 0 Å². The lowest BCUT2D eigenvalue weighted by Gasteiger charge is -2.05. The molecule has 0 unspecified atom stereocenters. The fourth-order valence-corrected chi connectivity index (χ4v) is 4.77. The van der Waals surface area contributed by atoms with E-state index < -0.39 is 7.82 Å². The number of hydrogen-bond donors (Lipinski definition) is 3. The highest BCUT2D eigenvalue weighted by Crippen LogP contribution is 2.35. The van der Waals surface area contributed by atoms with E-state index in [1.54, 1.807) is 0 Å². The van der Waals surface area contributed by atoms with Gasteiger partial charge in [-0.2, -0.15) is 0 Å². The SMILES string of the molecule is O=P(O)(O)OCCCCCCCCCCCCCCCCCCCCCCCCC(=S)S. The smallest absolute Gasteiger partial charge is 0.303 e. The predicted molar refractivity (Wildman–Crippen MR) is 146 cm³/mol. The number of unbranched alkanes of at least 4 members (excludes halogenated alkanes) is 21. The molecule has 0 saturated heterocycles. The van der Waals surface area contributed by atoms with Crippen LogP contribution >= 0.6 is 32.7 Å². The molecule has 0 radical (unpaired) electrons. The van der Waals surface area contributed by atoms with Crippen LogP contribution in [0, 0.1) is 0 Å². The van der Waals surface area contributed by atoms with Crippen LogP contribution in [0.5, 0.6) is 0 Å². The predicted octanol–water partition coefficient (Wildman–Crippen LogP) is 9.33. The second-order valence-corrected chi connectivity index (χ2v) is 11.8. The van der Waals surface area contributed by atoms with Crippen LogP contribution in [-0.2, 0) is 9.09 Å². The fraction of sp³-hybridized carbons (Fsp3) is 0.960. The molecule has 0 fully saturated rings. The Kier molecular flexibility index (Phi) is 25.1. The normalized spacial score (nSPS) is 11.8. The third-order valence-electron chi connectivity index (χ3n) is 6.04. The number of phosphoric ester groups is 1. The quantitative estimate of drug-likeness (QED) is 0.0468. The minimum atomic E-state index is -4.27. The summed E-state index contributed by atoms with van der Waals surface area (Å²) < 4.78 is 15.8. The molecule has 2 N–H and O–H groups in total. The van der Waals surface area contributed by atoms with Gasteiger partial charge >= 0.3 is 7.82 Å². The Balaban J connectivity index is 3.05. The van der Waals surface area contributed by atoms with Gasteiger partial charge in [0.05, 0.1) is 6.61 Å². The van der Waals surface area contributed by atoms with E-state index in [0.29, 0.717) is 0 Å². The molecular weight excluding hydrogens is 459 g/mol. The molecule has 7 heteroatoms. The lowest BCUT2D eigenvalue weighted by molar-refractivity contribution is 0.193. The van der Waals surface area contributed by atoms with Gasteiger partial charge < -0.3 is 9.79 Å². The minimum absolute atomic E-state index is 0.165. The summed E-state index contributed by atoms with van der Waals surface area (Å²) in [6.07, 6.45) is 29.8. The summed E-state index contributed by atoms with van der Waals surface area (Å²) in [5.41, 5.74) is 0. The van der Waals surface area contributed by atoms with Crippen LogP contribution in [0.3, 0.4) is 0 Å². The molecule has 0 aliphatic rings. The standard InChI is InChI=1S/C25H51O4PS2/c26-30(27,28)29-24-22-20-18-16-14-12-10-8-6-4-2-1-3-5-7-9-11-13-15-17-19-21-23-25(31)32/h1-24H2,(H,31,32)(H2,26,27,28). The lowest BCUT2D eigenvalue weighted by atomic mass is 10.0. The highest BCUT2D eigenvalue weighted by molar-refractivity contribution is 8.11. The molecule has 4 nitrogen and oxygen atoms in total. The average Bonchev–Trinajstić information content (AvgIpc) is 2.72. The van der Waals surface area contributed by atoms with Crippen LogP contribution in [0.1, 0.15) is 148 Å². The molecule has 0 heterocycles. The Morgan fingerprint density at radius 3 is 1.06 bits per heavy atom. The van der Waals surface area contributed by atoms with E-state index in [0.717, 1.165) is 29.9 Å². The van der Waals surface area contributed by atoms with Gasteiger partial charge in [-0.25, -0.2) is 4.57 Å². The summed E-state index contributed by atoms with van der Waals surface area (Å²) in [7, 11) is -4.27. The van der Waals surface area contributed by atoms with Crippen molar-refractivity contribution >= 4 is 36.9 Å². The zero-order chi connectivity index (χ0) is 23.8. The molecule has 0 aliphatic carbocycles. The number of phosphoric acid groups is 1. The van der Waals surface area contributed by atoms with Gasteiger partial charge in [-0.15, -0.1) is 12.6 Å². The maximum absolute atomic E-state index is 10.5. The van der Waals surface area contributed by atoms with Gasteiger partial charge in [-0.3, -0.25) is 4.52 Å². The van der Waals surface area contributed by atoms with E-state index in [1.807, 2.05) is 0 Å². The van der Waals surface area contributed by atoms with Crippen molar-refractivity contribution < 1.29 is 18.9 Å². The summed E-state index contributed by atoms with van der Waals surface area (Å²) >= 11 is 9.15. The lowest BCUT2D eigenvalue weighted by Crippen LogP contribution is -1.92. The molecular formula is C25H51O4PS2. The van der Waals surface area contributed by atoms with E-state index in [1.165, 1.54) is 122 Å². The van der Waals surface area contributed by atoms with Crippen molar-refractivity contribution in [3.8, 4) is 0 Å². The van der Waals surface area contributed by atoms with Crippen molar-refractivity contribution in [1.82, 2.24) is 0 Å². The van der Waals surface area contributed by atoms with E-state index in [4.69, 9.17) is 22.0 Å². The van der Waals surface area contributed by atoms with Crippen molar-refractivity contribution in [2.45, 2.75) is 148 Å². The van der Waals surface area contributed by atoms with Crippen molar-refractivity contribution in [3.63, 3.8) is 0 Å². The van der Waals surface area contributed by atoms with Crippen LogP contribution < -0.4 is 0 Å². The molecule has 0 rings (SSSR count). The second-order valence-electron chi connectivity index (χ2n) is 9.25. The molecule has 0 amide bonds. The van der Waals surface area contributed by atoms with Crippen LogP contribution in [0.25, 0.3) is 0 Å². The molecule has 0 aromatic carbocycles. The van der Waals surface area contributed by atoms with Gasteiger partial charge in [0.2, 0.25) is 0 Å². The molecule has 0 saturated carbocycles. The minimum Gasteiger partial charge on any atom is -0.303 e. The zero-order valence-electron chi connectivity index (χ0n) is 20.5. The zero-order valence-corrected chi connectivity index (χ0v) is 23.1. The number of rotatable bonds is 26. The van der Waals surface area contributed by atoms with Crippen LogP contribution in [-0.4, -0.2) is 20.6 Å². The largest absolute Gasteiger partial charge is 0.469 e. The first-order valence-electron chi connectivity index (χ1n) is 13.3. The van der Waals surface area contributed by atoms with Crippen molar-refractivity contribution in [2.75, 3.05) is 6.61 Å². The Labute approximate surface area is 209 Å². The molecule has 0 atom stereocenters. The molecule has 32 heavy (non-hydrogen) atoms. The van der Waals surface area contributed by atoms with Crippen LogP contribution in [0.2, 0.25) is 0 Å². The monoisotopic (exact) mass is 510 g/mol. The Bertz CT molecular complexity index is 457. The van der Waals surface area contributed by atoms with Gasteiger partial charge in [0, 0.05) is 4.20 Å². The summed E-state index contributed by atoms with van der Waals surface area (Å²) in [6.45, 7) is 0.165. The molecule has 192 valence electrons. The summed E-state index contributed by atoms with van der Waals surface area (Å²) in [4.78, 5) is 17.2. The van der Waals surface area contributed by atoms with Gasteiger partial charge in [0.25, 0.3) is 0 Å². The van der Waals surface area contributed by atoms with Gasteiger partial charge in [0.15, 0.2) is 0 Å². The highest BCUT2D eigenvalue weighted by Gasteiger charge is 2.12. The summed E-state index contributed by atoms with van der Waals surface area (Å²) in [5, 5.41) is 0. The van der Waals surface area contributed by atoms with Gasteiger partial charge in [0.1, 0.15) is 0 Å². The Morgan fingerprint density at radius 2 is 0.812 bits per heavy atom. The summed E-state index contributed by atoms with van der Waals surface area (Å²) in [5.74, 6) is 0. The van der Waals surface area contributed by atoms with Crippen molar-refractivity contribution in [1.29, 1.82) is 0 Å². The maximum Gasteiger partial charge on any atom is 0.469 e. The Hall–Kier alpha value is 0.550. The molecule has 0 bridgehead atoms. The fourth-order valence-electron chi connectivity index (χ4n) is 4.10. The number of hydrogen-bond acceptors (Lipinski definition) is 3. The topological polar surface area (TPSA) is 66.8 Å². The highest BCUT2D eigenvalue weighted by atomic mass is 32.1. The first-order valence-corrected chi connectivity index (χ1v) is 15.7. The van der Waals surface area contributed by atoms with E-state index in [-0.39, 0.29) is 6.61 Å². The van der Waals surface area contributed by atoms with E-state index in [2.05, 4.69) is 17.2 Å². The van der Waals surface area contributed by atoms with E-state index in [9.17, 15) is 4.57 Å². The molecule has 0 spiro atoms. The van der Waals surface area contributed by atoms with Gasteiger partial charge in [-0.1, -0.05) is 141 Å². The Morgan fingerprint density at radius 1 is 0.562 bits per heavy atom. The van der Waals surface area contributed by atoms with E-state index >= 15 is 0 Å². The number of thiol groups is 1. The van der Waals surface area contributed by atoms with Gasteiger partial charge in [-0.05, 0) is 19.3 Å². The second kappa shape index (κ2) is 24.7. The first kappa shape index (κ1) is 32.5. The third-order valence-corrected chi connectivity index (χ3v) is 6.99.